The van der Waals surface area contributed by atoms with E-state index in [9.17, 15) is 22.0 Å². The summed E-state index contributed by atoms with van der Waals surface area (Å²) in [6.45, 7) is 0.0232. The van der Waals surface area contributed by atoms with Crippen molar-refractivity contribution in [2.75, 3.05) is 5.32 Å². The quantitative estimate of drug-likeness (QED) is 0.841. The van der Waals surface area contributed by atoms with Crippen LogP contribution in [-0.2, 0) is 6.54 Å². The summed E-state index contributed by atoms with van der Waals surface area (Å²) in [7, 11) is 0. The van der Waals surface area contributed by atoms with Crippen molar-refractivity contribution in [1.29, 1.82) is 0 Å². The van der Waals surface area contributed by atoms with Gasteiger partial charge in [-0.3, -0.25) is 0 Å². The van der Waals surface area contributed by atoms with E-state index >= 15 is 0 Å². The van der Waals surface area contributed by atoms with Gasteiger partial charge in [-0.25, -0.2) is 8.78 Å². The summed E-state index contributed by atoms with van der Waals surface area (Å²) < 4.78 is 66.4. The van der Waals surface area contributed by atoms with Gasteiger partial charge in [-0.2, -0.15) is 0 Å². The lowest BCUT2D eigenvalue weighted by Gasteiger charge is -2.11. The number of hydrogen-bond donors (Lipinski definition) is 1. The second kappa shape index (κ2) is 5.99. The number of alkyl halides is 3. The van der Waals surface area contributed by atoms with Crippen LogP contribution in [0.15, 0.2) is 42.5 Å². The zero-order chi connectivity index (χ0) is 15.5. The summed E-state index contributed by atoms with van der Waals surface area (Å²) in [6.07, 6.45) is -4.78. The van der Waals surface area contributed by atoms with Crippen molar-refractivity contribution in [1.82, 2.24) is 0 Å². The highest BCUT2D eigenvalue weighted by Gasteiger charge is 2.31. The Kier molecular flexibility index (Phi) is 4.30. The third-order valence-electron chi connectivity index (χ3n) is 2.57. The van der Waals surface area contributed by atoms with Crippen LogP contribution >= 0.6 is 0 Å². The molecule has 2 nitrogen and oxygen atoms in total. The van der Waals surface area contributed by atoms with Crippen LogP contribution in [0, 0.1) is 11.6 Å². The van der Waals surface area contributed by atoms with Crippen LogP contribution in [0.25, 0.3) is 0 Å². The average molecular weight is 303 g/mol. The minimum atomic E-state index is -4.78. The number of rotatable bonds is 4. The number of hydrogen-bond acceptors (Lipinski definition) is 2. The van der Waals surface area contributed by atoms with Gasteiger partial charge in [-0.15, -0.1) is 13.2 Å². The summed E-state index contributed by atoms with van der Waals surface area (Å²) in [5.74, 6) is -2.42. The van der Waals surface area contributed by atoms with Crippen molar-refractivity contribution >= 4 is 5.69 Å². The molecule has 0 radical (unpaired) electrons. The summed E-state index contributed by atoms with van der Waals surface area (Å²) >= 11 is 0. The zero-order valence-corrected chi connectivity index (χ0v) is 10.5. The van der Waals surface area contributed by atoms with E-state index in [-0.39, 0.29) is 18.0 Å². The molecule has 2 aromatic rings. The van der Waals surface area contributed by atoms with Crippen LogP contribution in [0.4, 0.5) is 27.6 Å². The molecule has 0 unspecified atom stereocenters. The van der Waals surface area contributed by atoms with Gasteiger partial charge in [0.25, 0.3) is 0 Å². The molecule has 0 saturated carbocycles. The van der Waals surface area contributed by atoms with Crippen molar-refractivity contribution in [3.8, 4) is 5.75 Å². The standard InChI is InChI=1S/C14H10F5NO/c15-11-5-2-6-12(13(11)16)20-8-9-3-1-4-10(7-9)21-14(17,18)19/h1-7,20H,8H2. The summed E-state index contributed by atoms with van der Waals surface area (Å²) in [4.78, 5) is 0. The Morgan fingerprint density at radius 1 is 1.00 bits per heavy atom. The number of halogens is 5. The predicted octanol–water partition coefficient (Wildman–Crippen LogP) is 4.48. The molecule has 0 saturated heterocycles. The van der Waals surface area contributed by atoms with Crippen LogP contribution in [0.2, 0.25) is 0 Å². The normalized spacial score (nSPS) is 11.3. The van der Waals surface area contributed by atoms with E-state index < -0.39 is 18.0 Å². The maximum absolute atomic E-state index is 13.4. The smallest absolute Gasteiger partial charge is 0.406 e. The maximum atomic E-state index is 13.4. The lowest BCUT2D eigenvalue weighted by atomic mass is 10.2. The van der Waals surface area contributed by atoms with Crippen molar-refractivity contribution in [2.45, 2.75) is 12.9 Å². The third kappa shape index (κ3) is 4.34. The number of anilines is 1. The molecule has 2 aromatic carbocycles. The monoisotopic (exact) mass is 303 g/mol. The van der Waals surface area contributed by atoms with Gasteiger partial charge in [-0.1, -0.05) is 18.2 Å². The lowest BCUT2D eigenvalue weighted by Crippen LogP contribution is -2.17. The van der Waals surface area contributed by atoms with Crippen LogP contribution < -0.4 is 10.1 Å². The van der Waals surface area contributed by atoms with E-state index in [0.29, 0.717) is 5.56 Å². The summed E-state index contributed by atoms with van der Waals surface area (Å²) in [5, 5.41) is 2.61. The van der Waals surface area contributed by atoms with Gasteiger partial charge in [0.05, 0.1) is 5.69 Å². The molecule has 2 rings (SSSR count). The molecule has 0 amide bonds. The molecule has 0 aliphatic rings. The third-order valence-corrected chi connectivity index (χ3v) is 2.57. The Balaban J connectivity index is 2.07. The van der Waals surface area contributed by atoms with Crippen LogP contribution in [-0.4, -0.2) is 6.36 Å². The van der Waals surface area contributed by atoms with Gasteiger partial charge in [-0.05, 0) is 29.8 Å². The Labute approximate surface area is 117 Å². The van der Waals surface area contributed by atoms with Gasteiger partial charge in [0.1, 0.15) is 5.75 Å². The van der Waals surface area contributed by atoms with E-state index in [0.717, 1.165) is 18.2 Å². The molecule has 112 valence electrons. The summed E-state index contributed by atoms with van der Waals surface area (Å²) in [6, 6.07) is 8.85. The summed E-state index contributed by atoms with van der Waals surface area (Å²) in [5.41, 5.74) is 0.359. The van der Waals surface area contributed by atoms with E-state index in [1.54, 1.807) is 0 Å². The number of benzene rings is 2. The molecule has 0 aliphatic carbocycles. The largest absolute Gasteiger partial charge is 0.573 e. The van der Waals surface area contributed by atoms with Crippen LogP contribution in [0.5, 0.6) is 5.75 Å². The molecule has 0 spiro atoms. The highest BCUT2D eigenvalue weighted by Crippen LogP contribution is 2.24. The molecular weight excluding hydrogens is 293 g/mol. The van der Waals surface area contributed by atoms with Crippen molar-refractivity contribution in [2.24, 2.45) is 0 Å². The minimum absolute atomic E-state index is 0.0232. The van der Waals surface area contributed by atoms with Crippen molar-refractivity contribution in [3.05, 3.63) is 59.7 Å². The fraction of sp³-hybridized carbons (Fsp3) is 0.143. The Morgan fingerprint density at radius 2 is 1.71 bits per heavy atom. The Morgan fingerprint density at radius 3 is 2.43 bits per heavy atom. The zero-order valence-electron chi connectivity index (χ0n) is 10.5. The van der Waals surface area contributed by atoms with Crippen molar-refractivity contribution in [3.63, 3.8) is 0 Å². The van der Waals surface area contributed by atoms with Crippen LogP contribution in [0.3, 0.4) is 0 Å². The first-order valence-corrected chi connectivity index (χ1v) is 5.88. The molecule has 7 heteroatoms. The SMILES string of the molecule is Fc1cccc(NCc2cccc(OC(F)(F)F)c2)c1F. The second-order valence-electron chi connectivity index (χ2n) is 4.15. The molecule has 0 fully saturated rings. The number of ether oxygens (including phenoxy) is 1. The molecular formula is C14H10F5NO. The predicted molar refractivity (Wildman–Crippen MR) is 66.8 cm³/mol. The highest BCUT2D eigenvalue weighted by molar-refractivity contribution is 5.45. The molecule has 0 aromatic heterocycles. The number of nitrogens with one attached hydrogen (secondary N) is 1. The highest BCUT2D eigenvalue weighted by atomic mass is 19.4. The topological polar surface area (TPSA) is 21.3 Å². The Bertz CT molecular complexity index is 627. The van der Waals surface area contributed by atoms with E-state index in [4.69, 9.17) is 0 Å². The van der Waals surface area contributed by atoms with Crippen LogP contribution in [0.1, 0.15) is 5.56 Å². The van der Waals surface area contributed by atoms with E-state index in [1.807, 2.05) is 0 Å². The average Bonchev–Trinajstić information content (AvgIpc) is 2.39. The molecule has 0 aliphatic heterocycles. The van der Waals surface area contributed by atoms with Gasteiger partial charge in [0.2, 0.25) is 0 Å². The first-order chi connectivity index (χ1) is 9.85. The van der Waals surface area contributed by atoms with Crippen molar-refractivity contribution < 1.29 is 26.7 Å². The lowest BCUT2D eigenvalue weighted by molar-refractivity contribution is -0.274. The van der Waals surface area contributed by atoms with Gasteiger partial charge >= 0.3 is 6.36 Å². The van der Waals surface area contributed by atoms with E-state index in [2.05, 4.69) is 10.1 Å². The molecule has 0 heterocycles. The fourth-order valence-electron chi connectivity index (χ4n) is 1.69. The molecule has 0 atom stereocenters. The first-order valence-electron chi connectivity index (χ1n) is 5.88. The van der Waals surface area contributed by atoms with Gasteiger partial charge in [0.15, 0.2) is 11.6 Å². The van der Waals surface area contributed by atoms with Gasteiger partial charge in [0, 0.05) is 6.54 Å². The Hall–Kier alpha value is -2.31. The first kappa shape index (κ1) is 15.1. The van der Waals surface area contributed by atoms with E-state index in [1.165, 1.54) is 24.3 Å². The second-order valence-corrected chi connectivity index (χ2v) is 4.15. The molecule has 21 heavy (non-hydrogen) atoms. The maximum Gasteiger partial charge on any atom is 0.573 e. The molecule has 1 N–H and O–H groups in total. The molecule has 0 bridgehead atoms. The minimum Gasteiger partial charge on any atom is -0.406 e. The van der Waals surface area contributed by atoms with Gasteiger partial charge < -0.3 is 10.1 Å². The fourth-order valence-corrected chi connectivity index (χ4v) is 1.69.